The fraction of sp³-hybridized carbons (Fsp3) is 0.600. The summed E-state index contributed by atoms with van der Waals surface area (Å²) in [6, 6.07) is 2.75. The van der Waals surface area contributed by atoms with Crippen molar-refractivity contribution in [3.05, 3.63) is 22.2 Å². The first-order valence-corrected chi connectivity index (χ1v) is 9.94. The second-order valence-corrected chi connectivity index (χ2v) is 8.25. The van der Waals surface area contributed by atoms with Gasteiger partial charge in [0, 0.05) is 25.8 Å². The van der Waals surface area contributed by atoms with Crippen molar-refractivity contribution in [2.45, 2.75) is 30.3 Å². The fourth-order valence-corrected chi connectivity index (χ4v) is 4.87. The maximum Gasteiger partial charge on any atom is 0.244 e. The summed E-state index contributed by atoms with van der Waals surface area (Å²) in [7, 11) is -2.26. The number of hydrogen-bond acceptors (Lipinski definition) is 5. The van der Waals surface area contributed by atoms with Crippen LogP contribution in [0, 0.1) is 0 Å². The highest BCUT2D eigenvalue weighted by Crippen LogP contribution is 2.35. The third-order valence-electron chi connectivity index (χ3n) is 3.93. The molecule has 0 bridgehead atoms. The predicted molar refractivity (Wildman–Crippen MR) is 102 cm³/mol. The molecule has 0 spiro atoms. The number of piperidine rings is 1. The van der Waals surface area contributed by atoms with E-state index in [4.69, 9.17) is 38.4 Å². The molecule has 0 saturated carbocycles. The molecule has 2 N–H and O–H groups in total. The lowest BCUT2D eigenvalue weighted by Gasteiger charge is -2.31. The largest absolute Gasteiger partial charge is 0.495 e. The first-order valence-electron chi connectivity index (χ1n) is 7.75. The molecule has 1 aromatic rings. The quantitative estimate of drug-likeness (QED) is 0.669. The Morgan fingerprint density at radius 2 is 1.88 bits per heavy atom. The topological polar surface area (TPSA) is 81.9 Å². The zero-order valence-electron chi connectivity index (χ0n) is 13.9. The Hall–Kier alpha value is -0.280. The van der Waals surface area contributed by atoms with Crippen LogP contribution in [0.3, 0.4) is 0 Å². The molecular weight excluding hydrogens is 411 g/mol. The van der Waals surface area contributed by atoms with Crippen molar-refractivity contribution in [2.75, 3.05) is 33.4 Å². The Bertz CT molecular complexity index is 665. The minimum atomic E-state index is -3.70. The van der Waals surface area contributed by atoms with Crippen LogP contribution in [-0.4, -0.2) is 52.2 Å². The molecule has 1 aliphatic heterocycles. The summed E-state index contributed by atoms with van der Waals surface area (Å²) in [6.07, 6.45) is 2.16. The molecule has 0 atom stereocenters. The summed E-state index contributed by atoms with van der Waals surface area (Å²) in [5.41, 5.74) is 5.43. The van der Waals surface area contributed by atoms with E-state index >= 15 is 0 Å². The van der Waals surface area contributed by atoms with E-state index in [0.29, 0.717) is 44.8 Å². The maximum absolute atomic E-state index is 12.8. The van der Waals surface area contributed by atoms with E-state index < -0.39 is 10.0 Å². The summed E-state index contributed by atoms with van der Waals surface area (Å²) in [5, 5.41) is 0.304. The lowest BCUT2D eigenvalue weighted by molar-refractivity contribution is 0.0209. The number of methoxy groups -OCH3 is 1. The van der Waals surface area contributed by atoms with E-state index in [0.717, 1.165) is 6.42 Å². The van der Waals surface area contributed by atoms with Crippen molar-refractivity contribution in [3.8, 4) is 5.75 Å². The van der Waals surface area contributed by atoms with Gasteiger partial charge in [-0.1, -0.05) is 23.2 Å². The Morgan fingerprint density at radius 1 is 1.24 bits per heavy atom. The van der Waals surface area contributed by atoms with Crippen LogP contribution in [0.2, 0.25) is 10.0 Å². The zero-order chi connectivity index (χ0) is 17.7. The lowest BCUT2D eigenvalue weighted by Crippen LogP contribution is -2.41. The Balaban J connectivity index is 0.00000312. The van der Waals surface area contributed by atoms with Gasteiger partial charge < -0.3 is 15.2 Å². The van der Waals surface area contributed by atoms with E-state index in [1.807, 2.05) is 0 Å². The number of nitrogens with zero attached hydrogens (tertiary/aromatic N) is 1. The molecule has 6 nitrogen and oxygen atoms in total. The molecule has 0 radical (unpaired) electrons. The van der Waals surface area contributed by atoms with E-state index in [1.165, 1.54) is 23.5 Å². The summed E-state index contributed by atoms with van der Waals surface area (Å²) < 4.78 is 37.8. The number of rotatable bonds is 7. The van der Waals surface area contributed by atoms with Gasteiger partial charge in [0.05, 0.1) is 23.3 Å². The molecular formula is C15H23Cl3N2O4S. The van der Waals surface area contributed by atoms with E-state index in [-0.39, 0.29) is 33.5 Å². The van der Waals surface area contributed by atoms with Crippen LogP contribution in [-0.2, 0) is 14.8 Å². The highest BCUT2D eigenvalue weighted by molar-refractivity contribution is 7.89. The van der Waals surface area contributed by atoms with Gasteiger partial charge in [-0.2, -0.15) is 4.31 Å². The minimum absolute atomic E-state index is 0. The van der Waals surface area contributed by atoms with Crippen molar-refractivity contribution in [1.82, 2.24) is 4.31 Å². The molecule has 144 valence electrons. The van der Waals surface area contributed by atoms with Crippen molar-refractivity contribution < 1.29 is 17.9 Å². The number of halogens is 3. The standard InChI is InChI=1S/C15H22Cl2N2O4S.ClH/c1-22-14-9-13(17)15(10-12(14)16)24(20,21)19-6-3-11(4-7-19)23-8-2-5-18;/h9-11H,2-8,18H2,1H3;1H. The SMILES string of the molecule is COc1cc(Cl)c(S(=O)(=O)N2CCC(OCCCN)CC2)cc1Cl.Cl. The second kappa shape index (κ2) is 10.2. The molecule has 1 aromatic carbocycles. The molecule has 0 aromatic heterocycles. The molecule has 1 heterocycles. The van der Waals surface area contributed by atoms with Gasteiger partial charge >= 0.3 is 0 Å². The number of sulfonamides is 1. The normalized spacial score (nSPS) is 16.5. The van der Waals surface area contributed by atoms with Gasteiger partial charge in [-0.05, 0) is 31.9 Å². The van der Waals surface area contributed by atoms with Crippen LogP contribution >= 0.6 is 35.6 Å². The molecule has 2 rings (SSSR count). The van der Waals surface area contributed by atoms with Crippen LogP contribution in [0.15, 0.2) is 17.0 Å². The van der Waals surface area contributed by atoms with E-state index in [1.54, 1.807) is 0 Å². The summed E-state index contributed by atoms with van der Waals surface area (Å²) >= 11 is 12.2. The smallest absolute Gasteiger partial charge is 0.244 e. The predicted octanol–water partition coefficient (Wildman–Crippen LogP) is 2.94. The number of benzene rings is 1. The number of ether oxygens (including phenoxy) is 2. The summed E-state index contributed by atoms with van der Waals surface area (Å²) in [5.74, 6) is 0.340. The molecule has 0 aliphatic carbocycles. The van der Waals surface area contributed by atoms with Gasteiger partial charge in [0.2, 0.25) is 10.0 Å². The monoisotopic (exact) mass is 432 g/mol. The second-order valence-electron chi connectivity index (χ2n) is 5.53. The van der Waals surface area contributed by atoms with Crippen LogP contribution in [0.5, 0.6) is 5.75 Å². The molecule has 25 heavy (non-hydrogen) atoms. The summed E-state index contributed by atoms with van der Waals surface area (Å²) in [4.78, 5) is -0.00235. The van der Waals surface area contributed by atoms with Crippen LogP contribution in [0.25, 0.3) is 0 Å². The van der Waals surface area contributed by atoms with E-state index in [2.05, 4.69) is 0 Å². The minimum Gasteiger partial charge on any atom is -0.495 e. The van der Waals surface area contributed by atoms with Crippen molar-refractivity contribution in [3.63, 3.8) is 0 Å². The molecule has 1 fully saturated rings. The van der Waals surface area contributed by atoms with Gasteiger partial charge in [0.25, 0.3) is 0 Å². The summed E-state index contributed by atoms with van der Waals surface area (Å²) in [6.45, 7) is 1.96. The average Bonchev–Trinajstić information content (AvgIpc) is 2.57. The van der Waals surface area contributed by atoms with Crippen LogP contribution < -0.4 is 10.5 Å². The highest BCUT2D eigenvalue weighted by atomic mass is 35.5. The molecule has 1 aliphatic rings. The fourth-order valence-electron chi connectivity index (χ4n) is 2.58. The van der Waals surface area contributed by atoms with Crippen molar-refractivity contribution in [2.24, 2.45) is 5.73 Å². The Labute approximate surface area is 165 Å². The third-order valence-corrected chi connectivity index (χ3v) is 6.59. The molecule has 10 heteroatoms. The Kier molecular flexibility index (Phi) is 9.25. The third kappa shape index (κ3) is 5.60. The lowest BCUT2D eigenvalue weighted by atomic mass is 10.1. The maximum atomic E-state index is 12.8. The zero-order valence-corrected chi connectivity index (χ0v) is 17.1. The Morgan fingerprint density at radius 3 is 2.44 bits per heavy atom. The molecule has 0 unspecified atom stereocenters. The highest BCUT2D eigenvalue weighted by Gasteiger charge is 2.31. The van der Waals surface area contributed by atoms with E-state index in [9.17, 15) is 8.42 Å². The number of hydrogen-bond donors (Lipinski definition) is 1. The van der Waals surface area contributed by atoms with Crippen LogP contribution in [0.4, 0.5) is 0 Å². The average molecular weight is 434 g/mol. The first-order chi connectivity index (χ1) is 11.4. The number of nitrogens with two attached hydrogens (primary N) is 1. The first kappa shape index (κ1) is 22.8. The van der Waals surface area contributed by atoms with Crippen molar-refractivity contribution >= 4 is 45.6 Å². The molecule has 1 saturated heterocycles. The van der Waals surface area contributed by atoms with Crippen molar-refractivity contribution in [1.29, 1.82) is 0 Å². The van der Waals surface area contributed by atoms with Crippen LogP contribution in [0.1, 0.15) is 19.3 Å². The van der Waals surface area contributed by atoms with Gasteiger partial charge in [0.1, 0.15) is 10.6 Å². The molecule has 0 amide bonds. The van der Waals surface area contributed by atoms with Gasteiger partial charge in [0.15, 0.2) is 0 Å². The van der Waals surface area contributed by atoms with Gasteiger partial charge in [-0.15, -0.1) is 12.4 Å². The van der Waals surface area contributed by atoms with Gasteiger partial charge in [-0.3, -0.25) is 0 Å². The van der Waals surface area contributed by atoms with Gasteiger partial charge in [-0.25, -0.2) is 8.42 Å².